The van der Waals surface area contributed by atoms with Gasteiger partial charge in [0.25, 0.3) is 0 Å². The third kappa shape index (κ3) is 4.47. The molecule has 1 aliphatic heterocycles. The minimum Gasteiger partial charge on any atom is -0.315 e. The second-order valence-electron chi connectivity index (χ2n) is 3.66. The lowest BCUT2D eigenvalue weighted by molar-refractivity contribution is -0.146. The summed E-state index contributed by atoms with van der Waals surface area (Å²) in [5.41, 5.74) is 0. The molecule has 5 heteroatoms. The monoisotopic (exact) mass is 196 g/mol. The number of alkyl halides is 3. The largest absolute Gasteiger partial charge is 0.401 e. The molecule has 13 heavy (non-hydrogen) atoms. The van der Waals surface area contributed by atoms with Gasteiger partial charge in [0, 0.05) is 19.6 Å². The van der Waals surface area contributed by atoms with Gasteiger partial charge in [0.05, 0.1) is 6.54 Å². The molecule has 1 fully saturated rings. The first-order chi connectivity index (χ1) is 5.97. The molecule has 1 saturated heterocycles. The highest BCUT2D eigenvalue weighted by atomic mass is 19.4. The maximum Gasteiger partial charge on any atom is 0.401 e. The molecule has 0 aromatic carbocycles. The van der Waals surface area contributed by atoms with E-state index in [2.05, 4.69) is 5.32 Å². The lowest BCUT2D eigenvalue weighted by Crippen LogP contribution is -2.37. The third-order valence-corrected chi connectivity index (χ3v) is 2.07. The third-order valence-electron chi connectivity index (χ3n) is 2.07. The predicted octanol–water partition coefficient (Wildman–Crippen LogP) is 1.09. The van der Waals surface area contributed by atoms with E-state index >= 15 is 0 Å². The number of hydrogen-bond acceptors (Lipinski definition) is 2. The number of rotatable bonds is 1. The first kappa shape index (κ1) is 10.8. The van der Waals surface area contributed by atoms with E-state index in [4.69, 9.17) is 0 Å². The normalized spacial score (nSPS) is 27.2. The molecule has 2 nitrogen and oxygen atoms in total. The van der Waals surface area contributed by atoms with Gasteiger partial charge in [-0.2, -0.15) is 13.2 Å². The zero-order valence-corrected chi connectivity index (χ0v) is 7.69. The van der Waals surface area contributed by atoms with Gasteiger partial charge >= 0.3 is 6.18 Å². The van der Waals surface area contributed by atoms with E-state index in [1.807, 2.05) is 6.92 Å². The highest BCUT2D eigenvalue weighted by Crippen LogP contribution is 2.17. The smallest absolute Gasteiger partial charge is 0.315 e. The van der Waals surface area contributed by atoms with E-state index < -0.39 is 12.7 Å². The van der Waals surface area contributed by atoms with E-state index in [1.54, 1.807) is 0 Å². The number of hydrogen-bond donors (Lipinski definition) is 1. The zero-order valence-electron chi connectivity index (χ0n) is 7.69. The summed E-state index contributed by atoms with van der Waals surface area (Å²) >= 11 is 0. The van der Waals surface area contributed by atoms with Crippen molar-refractivity contribution in [2.45, 2.75) is 13.1 Å². The average Bonchev–Trinajstić information content (AvgIpc) is 2.10. The van der Waals surface area contributed by atoms with Crippen LogP contribution in [0.15, 0.2) is 0 Å². The fourth-order valence-corrected chi connectivity index (χ4v) is 1.58. The van der Waals surface area contributed by atoms with Crippen molar-refractivity contribution in [3.63, 3.8) is 0 Å². The van der Waals surface area contributed by atoms with Crippen LogP contribution in [0.4, 0.5) is 13.2 Å². The minimum atomic E-state index is -4.07. The van der Waals surface area contributed by atoms with E-state index in [0.717, 1.165) is 6.54 Å². The van der Waals surface area contributed by atoms with Crippen LogP contribution in [0.5, 0.6) is 0 Å². The molecular formula is C8H15F3N2. The van der Waals surface area contributed by atoms with E-state index in [-0.39, 0.29) is 0 Å². The molecule has 1 aliphatic rings. The summed E-state index contributed by atoms with van der Waals surface area (Å²) in [4.78, 5) is 1.46. The molecule has 1 N–H and O–H groups in total. The topological polar surface area (TPSA) is 15.3 Å². The predicted molar refractivity (Wildman–Crippen MR) is 44.5 cm³/mol. The SMILES string of the molecule is C[C@@H]1CNCCN(CC(F)(F)F)C1. The van der Waals surface area contributed by atoms with Crippen LogP contribution in [0, 0.1) is 5.92 Å². The van der Waals surface area contributed by atoms with Crippen molar-refractivity contribution >= 4 is 0 Å². The van der Waals surface area contributed by atoms with Crippen molar-refractivity contribution in [1.82, 2.24) is 10.2 Å². The van der Waals surface area contributed by atoms with Crippen LogP contribution in [-0.4, -0.2) is 43.8 Å². The van der Waals surface area contributed by atoms with Gasteiger partial charge in [0.1, 0.15) is 0 Å². The Labute approximate surface area is 76.1 Å². The molecule has 0 radical (unpaired) electrons. The molecule has 0 spiro atoms. The van der Waals surface area contributed by atoms with Gasteiger partial charge in [-0.3, -0.25) is 4.90 Å². The van der Waals surface area contributed by atoms with E-state index in [0.29, 0.717) is 25.6 Å². The van der Waals surface area contributed by atoms with Crippen molar-refractivity contribution in [2.24, 2.45) is 5.92 Å². The van der Waals surface area contributed by atoms with Crippen LogP contribution in [0.2, 0.25) is 0 Å². The van der Waals surface area contributed by atoms with E-state index in [9.17, 15) is 13.2 Å². The summed E-state index contributed by atoms with van der Waals surface area (Å²) in [7, 11) is 0. The zero-order chi connectivity index (χ0) is 9.90. The summed E-state index contributed by atoms with van der Waals surface area (Å²) in [5, 5.41) is 3.10. The van der Waals surface area contributed by atoms with Crippen molar-refractivity contribution < 1.29 is 13.2 Å². The summed E-state index contributed by atoms with van der Waals surface area (Å²) < 4.78 is 36.1. The van der Waals surface area contributed by atoms with Gasteiger partial charge in [0.2, 0.25) is 0 Å². The lowest BCUT2D eigenvalue weighted by Gasteiger charge is -2.22. The van der Waals surface area contributed by atoms with Gasteiger partial charge in [-0.25, -0.2) is 0 Å². The summed E-state index contributed by atoms with van der Waals surface area (Å²) in [6.45, 7) is 3.67. The average molecular weight is 196 g/mol. The molecule has 0 aliphatic carbocycles. The number of nitrogens with zero attached hydrogens (tertiary/aromatic N) is 1. The second-order valence-corrected chi connectivity index (χ2v) is 3.66. The standard InChI is InChI=1S/C8H15F3N2/c1-7-4-12-2-3-13(5-7)6-8(9,10)11/h7,12H,2-6H2,1H3/t7-/m1/s1. The van der Waals surface area contributed by atoms with Gasteiger partial charge in [-0.1, -0.05) is 6.92 Å². The van der Waals surface area contributed by atoms with Gasteiger partial charge < -0.3 is 5.32 Å². The summed E-state index contributed by atoms with van der Waals surface area (Å²) in [6.07, 6.45) is -4.07. The molecule has 1 atom stereocenters. The maximum absolute atomic E-state index is 12.0. The quantitative estimate of drug-likeness (QED) is 0.675. The Balaban J connectivity index is 2.39. The highest BCUT2D eigenvalue weighted by Gasteiger charge is 2.31. The van der Waals surface area contributed by atoms with Gasteiger partial charge in [-0.05, 0) is 12.5 Å². The molecule has 1 heterocycles. The molecule has 78 valence electrons. The van der Waals surface area contributed by atoms with Crippen LogP contribution < -0.4 is 5.32 Å². The van der Waals surface area contributed by atoms with Crippen molar-refractivity contribution in [2.75, 3.05) is 32.7 Å². The Morgan fingerprint density at radius 3 is 2.77 bits per heavy atom. The fourth-order valence-electron chi connectivity index (χ4n) is 1.58. The lowest BCUT2D eigenvalue weighted by atomic mass is 10.2. The van der Waals surface area contributed by atoms with Gasteiger partial charge in [0.15, 0.2) is 0 Å². The molecule has 0 aromatic rings. The Hall–Kier alpha value is -0.290. The first-order valence-corrected chi connectivity index (χ1v) is 4.47. The van der Waals surface area contributed by atoms with Crippen molar-refractivity contribution in [3.05, 3.63) is 0 Å². The summed E-state index contributed by atoms with van der Waals surface area (Å²) in [5.74, 6) is 0.296. The van der Waals surface area contributed by atoms with Crippen LogP contribution >= 0.6 is 0 Å². The fraction of sp³-hybridized carbons (Fsp3) is 1.00. The maximum atomic E-state index is 12.0. The molecule has 0 amide bonds. The summed E-state index contributed by atoms with van der Waals surface area (Å²) in [6, 6.07) is 0. The number of nitrogens with one attached hydrogen (secondary N) is 1. The van der Waals surface area contributed by atoms with E-state index in [1.165, 1.54) is 4.90 Å². The Bertz CT molecular complexity index is 158. The second kappa shape index (κ2) is 4.28. The highest BCUT2D eigenvalue weighted by molar-refractivity contribution is 4.72. The van der Waals surface area contributed by atoms with Crippen LogP contribution in [-0.2, 0) is 0 Å². The Kier molecular flexibility index (Phi) is 3.55. The van der Waals surface area contributed by atoms with Crippen LogP contribution in [0.25, 0.3) is 0 Å². The molecule has 1 rings (SSSR count). The molecular weight excluding hydrogens is 181 g/mol. The Morgan fingerprint density at radius 1 is 1.46 bits per heavy atom. The van der Waals surface area contributed by atoms with Crippen molar-refractivity contribution in [1.29, 1.82) is 0 Å². The van der Waals surface area contributed by atoms with Gasteiger partial charge in [-0.15, -0.1) is 0 Å². The van der Waals surface area contributed by atoms with Crippen LogP contribution in [0.3, 0.4) is 0 Å². The van der Waals surface area contributed by atoms with Crippen molar-refractivity contribution in [3.8, 4) is 0 Å². The molecule has 0 aromatic heterocycles. The van der Waals surface area contributed by atoms with Crippen LogP contribution in [0.1, 0.15) is 6.92 Å². The Morgan fingerprint density at radius 2 is 2.15 bits per heavy atom. The molecule has 0 unspecified atom stereocenters. The minimum absolute atomic E-state index is 0.296. The molecule has 0 saturated carbocycles. The number of halogens is 3. The first-order valence-electron chi connectivity index (χ1n) is 4.47. The molecule has 0 bridgehead atoms.